The van der Waals surface area contributed by atoms with Gasteiger partial charge in [-0.05, 0) is 25.0 Å². The molecule has 2 heterocycles. The largest absolute Gasteiger partial charge is 0.462 e. The first kappa shape index (κ1) is 15.7. The summed E-state index contributed by atoms with van der Waals surface area (Å²) >= 11 is 6.09. The van der Waals surface area contributed by atoms with Crippen LogP contribution in [0.4, 0.5) is 0 Å². The molecule has 3 rings (SSSR count). The lowest BCUT2D eigenvalue weighted by Gasteiger charge is -2.13. The summed E-state index contributed by atoms with van der Waals surface area (Å²) in [5.41, 5.74) is 1.29. The summed E-state index contributed by atoms with van der Waals surface area (Å²) in [7, 11) is 0. The van der Waals surface area contributed by atoms with Gasteiger partial charge in [0.25, 0.3) is 0 Å². The maximum absolute atomic E-state index is 12.2. The minimum absolute atomic E-state index is 0.0318. The molecule has 1 aliphatic heterocycles. The van der Waals surface area contributed by atoms with Crippen LogP contribution in [-0.4, -0.2) is 35.3 Å². The fraction of sp³-hybridized carbons (Fsp3) is 0.375. The number of nitriles is 1. The normalized spacial score (nSPS) is 18.5. The van der Waals surface area contributed by atoms with Gasteiger partial charge in [0.15, 0.2) is 11.1 Å². The molecular weight excluding hydrogens is 318 g/mol. The highest BCUT2D eigenvalue weighted by atomic mass is 35.5. The minimum atomic E-state index is -1.21. The van der Waals surface area contributed by atoms with E-state index in [0.717, 1.165) is 12.8 Å². The second-order valence-corrected chi connectivity index (χ2v) is 5.57. The van der Waals surface area contributed by atoms with E-state index in [0.29, 0.717) is 17.6 Å². The number of carbonyl (C=O) groups excluding carboxylic acids is 1. The molecule has 0 spiro atoms. The summed E-state index contributed by atoms with van der Waals surface area (Å²) in [5, 5.41) is 9.36. The molecule has 7 heteroatoms. The molecule has 1 fully saturated rings. The highest BCUT2D eigenvalue weighted by Crippen LogP contribution is 2.25. The van der Waals surface area contributed by atoms with Crippen molar-refractivity contribution in [2.24, 2.45) is 0 Å². The van der Waals surface area contributed by atoms with Gasteiger partial charge in [0.1, 0.15) is 12.3 Å². The van der Waals surface area contributed by atoms with Gasteiger partial charge in [-0.1, -0.05) is 23.7 Å². The van der Waals surface area contributed by atoms with Crippen LogP contribution < -0.4 is 0 Å². The van der Waals surface area contributed by atoms with E-state index in [9.17, 15) is 10.1 Å². The molecule has 23 heavy (non-hydrogen) atoms. The standard InChI is InChI=1S/C16H14ClN3O3/c17-15-14(19-12-5-1-2-6-13(12)20-15)11(8-18)16(21)23-9-10-4-3-7-22-10/h1-2,5-6,10-11H,3-4,7,9H2/t10-,11+/m1/s1. The summed E-state index contributed by atoms with van der Waals surface area (Å²) < 4.78 is 10.6. The molecule has 0 amide bonds. The van der Waals surface area contributed by atoms with Crippen molar-refractivity contribution >= 4 is 28.6 Å². The first-order valence-electron chi connectivity index (χ1n) is 7.29. The van der Waals surface area contributed by atoms with Crippen molar-refractivity contribution in [3.8, 4) is 6.07 Å². The van der Waals surface area contributed by atoms with Gasteiger partial charge in [0.2, 0.25) is 0 Å². The van der Waals surface area contributed by atoms with Crippen molar-refractivity contribution in [1.82, 2.24) is 9.97 Å². The number of para-hydroxylation sites is 2. The molecule has 1 aromatic carbocycles. The number of benzene rings is 1. The zero-order valence-corrected chi connectivity index (χ0v) is 13.0. The van der Waals surface area contributed by atoms with Gasteiger partial charge < -0.3 is 9.47 Å². The Morgan fingerprint density at radius 3 is 2.83 bits per heavy atom. The third kappa shape index (κ3) is 3.41. The number of aromatic nitrogens is 2. The molecule has 1 aliphatic rings. The summed E-state index contributed by atoms with van der Waals surface area (Å²) in [6.45, 7) is 0.807. The monoisotopic (exact) mass is 331 g/mol. The van der Waals surface area contributed by atoms with E-state index < -0.39 is 11.9 Å². The smallest absolute Gasteiger partial charge is 0.329 e. The van der Waals surface area contributed by atoms with E-state index >= 15 is 0 Å². The van der Waals surface area contributed by atoms with Gasteiger partial charge in [-0.15, -0.1) is 0 Å². The first-order chi connectivity index (χ1) is 11.2. The predicted molar refractivity (Wildman–Crippen MR) is 82.8 cm³/mol. The number of fused-ring (bicyclic) bond motifs is 1. The van der Waals surface area contributed by atoms with Gasteiger partial charge in [-0.3, -0.25) is 4.79 Å². The van der Waals surface area contributed by atoms with Crippen molar-refractivity contribution in [3.05, 3.63) is 35.1 Å². The number of halogens is 1. The molecule has 0 saturated carbocycles. The molecule has 2 aromatic rings. The Balaban J connectivity index is 1.80. The van der Waals surface area contributed by atoms with E-state index in [1.165, 1.54) is 0 Å². The quantitative estimate of drug-likeness (QED) is 0.800. The van der Waals surface area contributed by atoms with Gasteiger partial charge >= 0.3 is 5.97 Å². The Bertz CT molecular complexity index is 769. The maximum atomic E-state index is 12.2. The molecule has 118 valence electrons. The van der Waals surface area contributed by atoms with Crippen LogP contribution in [0.1, 0.15) is 24.5 Å². The second-order valence-electron chi connectivity index (χ2n) is 5.22. The summed E-state index contributed by atoms with van der Waals surface area (Å²) in [6, 6.07) is 9.01. The van der Waals surface area contributed by atoms with Crippen LogP contribution in [0, 0.1) is 11.3 Å². The Kier molecular flexibility index (Phi) is 4.70. The van der Waals surface area contributed by atoms with Crippen LogP contribution >= 0.6 is 11.6 Å². The molecular formula is C16H14ClN3O3. The fourth-order valence-electron chi connectivity index (χ4n) is 2.44. The molecule has 1 saturated heterocycles. The highest BCUT2D eigenvalue weighted by molar-refractivity contribution is 6.30. The Hall–Kier alpha value is -2.23. The molecule has 0 radical (unpaired) electrons. The number of carbonyl (C=O) groups is 1. The highest BCUT2D eigenvalue weighted by Gasteiger charge is 2.28. The van der Waals surface area contributed by atoms with E-state index in [1.54, 1.807) is 18.2 Å². The van der Waals surface area contributed by atoms with Crippen LogP contribution in [0.5, 0.6) is 0 Å². The summed E-state index contributed by atoms with van der Waals surface area (Å²) in [6.07, 6.45) is 1.70. The molecule has 0 aliphatic carbocycles. The third-order valence-corrected chi connectivity index (χ3v) is 3.90. The molecule has 2 atom stereocenters. The number of nitrogens with zero attached hydrogens (tertiary/aromatic N) is 3. The number of hydrogen-bond acceptors (Lipinski definition) is 6. The van der Waals surface area contributed by atoms with E-state index in [2.05, 4.69) is 9.97 Å². The number of ether oxygens (including phenoxy) is 2. The van der Waals surface area contributed by atoms with Crippen molar-refractivity contribution < 1.29 is 14.3 Å². The SMILES string of the molecule is N#C[C@H](C(=O)OC[C@H]1CCCO1)c1nc2ccccc2nc1Cl. The van der Waals surface area contributed by atoms with Crippen molar-refractivity contribution in [2.45, 2.75) is 24.9 Å². The van der Waals surface area contributed by atoms with Crippen LogP contribution in [0.2, 0.25) is 5.15 Å². The lowest BCUT2D eigenvalue weighted by Crippen LogP contribution is -2.22. The maximum Gasteiger partial charge on any atom is 0.329 e. The average Bonchev–Trinajstić information content (AvgIpc) is 3.07. The lowest BCUT2D eigenvalue weighted by molar-refractivity contribution is -0.147. The molecule has 0 bridgehead atoms. The topological polar surface area (TPSA) is 85.1 Å². The second kappa shape index (κ2) is 6.90. The Labute approximate surface area is 138 Å². The van der Waals surface area contributed by atoms with Gasteiger partial charge in [-0.25, -0.2) is 9.97 Å². The number of hydrogen-bond donors (Lipinski definition) is 0. The van der Waals surface area contributed by atoms with E-state index in [-0.39, 0.29) is 23.6 Å². The van der Waals surface area contributed by atoms with Crippen molar-refractivity contribution in [3.63, 3.8) is 0 Å². The van der Waals surface area contributed by atoms with Gasteiger partial charge in [0, 0.05) is 6.61 Å². The summed E-state index contributed by atoms with van der Waals surface area (Å²) in [4.78, 5) is 20.7. The minimum Gasteiger partial charge on any atom is -0.462 e. The van der Waals surface area contributed by atoms with Gasteiger partial charge in [-0.2, -0.15) is 5.26 Å². The zero-order valence-electron chi connectivity index (χ0n) is 12.2. The predicted octanol–water partition coefficient (Wildman–Crippen LogP) is 2.61. The number of rotatable bonds is 4. The summed E-state index contributed by atoms with van der Waals surface area (Å²) in [5.74, 6) is -1.89. The first-order valence-corrected chi connectivity index (χ1v) is 7.67. The molecule has 0 unspecified atom stereocenters. The lowest BCUT2D eigenvalue weighted by atomic mass is 10.1. The third-order valence-electron chi connectivity index (χ3n) is 3.63. The van der Waals surface area contributed by atoms with Crippen LogP contribution in [-0.2, 0) is 14.3 Å². The van der Waals surface area contributed by atoms with E-state index in [1.807, 2.05) is 12.1 Å². The van der Waals surface area contributed by atoms with Crippen LogP contribution in [0.25, 0.3) is 11.0 Å². The zero-order chi connectivity index (χ0) is 16.2. The fourth-order valence-corrected chi connectivity index (χ4v) is 2.68. The molecule has 6 nitrogen and oxygen atoms in total. The molecule has 1 aromatic heterocycles. The molecule has 0 N–H and O–H groups in total. The Morgan fingerprint density at radius 1 is 1.43 bits per heavy atom. The number of esters is 1. The van der Waals surface area contributed by atoms with Crippen molar-refractivity contribution in [1.29, 1.82) is 5.26 Å². The average molecular weight is 332 g/mol. The Morgan fingerprint density at radius 2 is 2.17 bits per heavy atom. The van der Waals surface area contributed by atoms with E-state index in [4.69, 9.17) is 21.1 Å². The van der Waals surface area contributed by atoms with Crippen LogP contribution in [0.15, 0.2) is 24.3 Å². The van der Waals surface area contributed by atoms with Crippen LogP contribution in [0.3, 0.4) is 0 Å². The van der Waals surface area contributed by atoms with Crippen molar-refractivity contribution in [2.75, 3.05) is 13.2 Å². The van der Waals surface area contributed by atoms with Gasteiger partial charge in [0.05, 0.1) is 23.2 Å².